The summed E-state index contributed by atoms with van der Waals surface area (Å²) in [5.74, 6) is 2.34. The second kappa shape index (κ2) is 3.97. The number of hydrogen-bond acceptors (Lipinski definition) is 4. The molecular weight excluding hydrogens is 162 g/mol. The van der Waals surface area contributed by atoms with Crippen LogP contribution < -0.4 is 5.73 Å². The monoisotopic (exact) mass is 175 g/mol. The van der Waals surface area contributed by atoms with E-state index in [1.807, 2.05) is 11.8 Å². The van der Waals surface area contributed by atoms with Crippen LogP contribution in [0.4, 0.5) is 0 Å². The first-order valence-electron chi connectivity index (χ1n) is 3.65. The number of nitrogens with two attached hydrogens (primary N) is 1. The zero-order valence-corrected chi connectivity index (χ0v) is 7.39. The fourth-order valence-corrected chi connectivity index (χ4v) is 2.09. The predicted octanol–water partition coefficient (Wildman–Crippen LogP) is 0.0973. The van der Waals surface area contributed by atoms with Gasteiger partial charge in [-0.05, 0) is 17.4 Å². The molecule has 0 radical (unpaired) electrons. The Labute approximate surface area is 70.7 Å². The number of carbonyl (C=O) groups excluding carboxylic acids is 1. The number of methoxy groups -OCH3 is 1. The van der Waals surface area contributed by atoms with Crippen LogP contribution in [-0.4, -0.2) is 31.1 Å². The van der Waals surface area contributed by atoms with Gasteiger partial charge in [-0.1, -0.05) is 0 Å². The van der Waals surface area contributed by atoms with Crippen LogP contribution in [0, 0.1) is 11.8 Å². The summed E-state index contributed by atoms with van der Waals surface area (Å²) in [5.41, 5.74) is 5.45. The Bertz CT molecular complexity index is 147. The predicted molar refractivity (Wildman–Crippen MR) is 45.4 cm³/mol. The van der Waals surface area contributed by atoms with Crippen LogP contribution in [-0.2, 0) is 9.53 Å². The van der Waals surface area contributed by atoms with E-state index in [9.17, 15) is 4.79 Å². The minimum absolute atomic E-state index is 0.0683. The lowest BCUT2D eigenvalue weighted by atomic mass is 9.95. The molecule has 2 N–H and O–H groups in total. The van der Waals surface area contributed by atoms with Crippen LogP contribution in [0.3, 0.4) is 0 Å². The lowest BCUT2D eigenvalue weighted by Crippen LogP contribution is -2.38. The van der Waals surface area contributed by atoms with Crippen molar-refractivity contribution in [1.29, 1.82) is 0 Å². The molecule has 64 valence electrons. The SMILES string of the molecule is COC(=O)C(CN)C1CSC1. The van der Waals surface area contributed by atoms with E-state index in [4.69, 9.17) is 5.73 Å². The number of hydrogen-bond donors (Lipinski definition) is 1. The second-order valence-electron chi connectivity index (χ2n) is 2.66. The molecule has 1 aliphatic rings. The van der Waals surface area contributed by atoms with Crippen LogP contribution >= 0.6 is 11.8 Å². The summed E-state index contributed by atoms with van der Waals surface area (Å²) in [5, 5.41) is 0. The standard InChI is InChI=1S/C7H13NO2S/c1-10-7(9)6(2-8)5-3-11-4-5/h5-6H,2-4,8H2,1H3. The molecule has 1 atom stereocenters. The summed E-state index contributed by atoms with van der Waals surface area (Å²) >= 11 is 1.85. The van der Waals surface area contributed by atoms with E-state index in [0.717, 1.165) is 11.5 Å². The summed E-state index contributed by atoms with van der Waals surface area (Å²) < 4.78 is 4.63. The van der Waals surface area contributed by atoms with Gasteiger partial charge >= 0.3 is 5.97 Å². The third-order valence-electron chi connectivity index (χ3n) is 1.99. The van der Waals surface area contributed by atoms with Crippen molar-refractivity contribution in [2.24, 2.45) is 17.6 Å². The molecule has 1 unspecified atom stereocenters. The van der Waals surface area contributed by atoms with Gasteiger partial charge in [0.1, 0.15) is 0 Å². The van der Waals surface area contributed by atoms with Crippen molar-refractivity contribution in [2.45, 2.75) is 0 Å². The molecule has 3 nitrogen and oxygen atoms in total. The summed E-state index contributed by atoms with van der Waals surface area (Å²) in [7, 11) is 1.41. The first-order valence-corrected chi connectivity index (χ1v) is 4.80. The normalized spacial score (nSPS) is 20.5. The quantitative estimate of drug-likeness (QED) is 0.618. The van der Waals surface area contributed by atoms with Crippen molar-refractivity contribution in [3.05, 3.63) is 0 Å². The summed E-state index contributed by atoms with van der Waals surface area (Å²) in [4.78, 5) is 11.1. The van der Waals surface area contributed by atoms with Crippen molar-refractivity contribution >= 4 is 17.7 Å². The van der Waals surface area contributed by atoms with E-state index < -0.39 is 0 Å². The fourth-order valence-electron chi connectivity index (χ4n) is 1.12. The average Bonchev–Trinajstić information content (AvgIpc) is 1.94. The number of carbonyl (C=O) groups is 1. The van der Waals surface area contributed by atoms with Gasteiger partial charge in [0, 0.05) is 6.54 Å². The number of rotatable bonds is 3. The smallest absolute Gasteiger partial charge is 0.310 e. The molecule has 1 heterocycles. The molecule has 1 aliphatic heterocycles. The Morgan fingerprint density at radius 3 is 2.73 bits per heavy atom. The third-order valence-corrected chi connectivity index (χ3v) is 3.32. The van der Waals surface area contributed by atoms with Gasteiger partial charge < -0.3 is 10.5 Å². The summed E-state index contributed by atoms with van der Waals surface area (Å²) in [6.07, 6.45) is 0. The Morgan fingerprint density at radius 2 is 2.45 bits per heavy atom. The zero-order chi connectivity index (χ0) is 8.27. The highest BCUT2D eigenvalue weighted by Gasteiger charge is 2.32. The lowest BCUT2D eigenvalue weighted by molar-refractivity contribution is -0.146. The fraction of sp³-hybridized carbons (Fsp3) is 0.857. The molecule has 0 aromatic rings. The molecule has 0 aromatic heterocycles. The van der Waals surface area contributed by atoms with Crippen molar-refractivity contribution in [3.63, 3.8) is 0 Å². The van der Waals surface area contributed by atoms with Gasteiger partial charge in [-0.25, -0.2) is 0 Å². The topological polar surface area (TPSA) is 52.3 Å². The maximum atomic E-state index is 11.1. The van der Waals surface area contributed by atoms with E-state index in [-0.39, 0.29) is 11.9 Å². The third kappa shape index (κ3) is 1.87. The summed E-state index contributed by atoms with van der Waals surface area (Å²) in [6, 6.07) is 0. The first kappa shape index (κ1) is 8.87. The number of ether oxygens (including phenoxy) is 1. The Balaban J connectivity index is 2.40. The average molecular weight is 175 g/mol. The highest BCUT2D eigenvalue weighted by Crippen LogP contribution is 2.31. The van der Waals surface area contributed by atoms with Crippen molar-refractivity contribution < 1.29 is 9.53 Å². The van der Waals surface area contributed by atoms with E-state index in [0.29, 0.717) is 12.5 Å². The minimum atomic E-state index is -0.155. The molecule has 4 heteroatoms. The molecular formula is C7H13NO2S. The highest BCUT2D eigenvalue weighted by molar-refractivity contribution is 8.00. The van der Waals surface area contributed by atoms with E-state index in [2.05, 4.69) is 4.74 Å². The Kier molecular flexibility index (Phi) is 3.20. The van der Waals surface area contributed by atoms with Gasteiger partial charge in [0.2, 0.25) is 0 Å². The van der Waals surface area contributed by atoms with Gasteiger partial charge in [-0.15, -0.1) is 0 Å². The van der Waals surface area contributed by atoms with Gasteiger partial charge in [-0.3, -0.25) is 4.79 Å². The minimum Gasteiger partial charge on any atom is -0.469 e. The molecule has 1 saturated heterocycles. The number of esters is 1. The maximum Gasteiger partial charge on any atom is 0.310 e. The zero-order valence-electron chi connectivity index (χ0n) is 6.58. The summed E-state index contributed by atoms with van der Waals surface area (Å²) in [6.45, 7) is 0.415. The Morgan fingerprint density at radius 1 is 1.82 bits per heavy atom. The molecule has 1 fully saturated rings. The van der Waals surface area contributed by atoms with Crippen LogP contribution in [0.1, 0.15) is 0 Å². The molecule has 0 aliphatic carbocycles. The van der Waals surface area contributed by atoms with Crippen molar-refractivity contribution in [1.82, 2.24) is 0 Å². The molecule has 0 spiro atoms. The molecule has 1 rings (SSSR count). The molecule has 0 bridgehead atoms. The van der Waals surface area contributed by atoms with Crippen molar-refractivity contribution in [2.75, 3.05) is 25.2 Å². The molecule has 0 aromatic carbocycles. The molecule has 0 amide bonds. The van der Waals surface area contributed by atoms with Gasteiger partial charge in [0.05, 0.1) is 13.0 Å². The van der Waals surface area contributed by atoms with E-state index in [1.165, 1.54) is 7.11 Å². The lowest BCUT2D eigenvalue weighted by Gasteiger charge is -2.30. The van der Waals surface area contributed by atoms with Gasteiger partial charge in [0.15, 0.2) is 0 Å². The molecule has 0 saturated carbocycles. The largest absolute Gasteiger partial charge is 0.469 e. The molecule has 11 heavy (non-hydrogen) atoms. The van der Waals surface area contributed by atoms with Gasteiger partial charge in [-0.2, -0.15) is 11.8 Å². The maximum absolute atomic E-state index is 11.1. The van der Waals surface area contributed by atoms with Crippen molar-refractivity contribution in [3.8, 4) is 0 Å². The highest BCUT2D eigenvalue weighted by atomic mass is 32.2. The van der Waals surface area contributed by atoms with E-state index in [1.54, 1.807) is 0 Å². The van der Waals surface area contributed by atoms with Crippen LogP contribution in [0.5, 0.6) is 0 Å². The van der Waals surface area contributed by atoms with E-state index >= 15 is 0 Å². The van der Waals surface area contributed by atoms with Crippen LogP contribution in [0.15, 0.2) is 0 Å². The Hall–Kier alpha value is -0.220. The van der Waals surface area contributed by atoms with Gasteiger partial charge in [0.25, 0.3) is 0 Å². The second-order valence-corrected chi connectivity index (χ2v) is 3.74. The van der Waals surface area contributed by atoms with Crippen LogP contribution in [0.25, 0.3) is 0 Å². The first-order chi connectivity index (χ1) is 5.29. The van der Waals surface area contributed by atoms with Crippen LogP contribution in [0.2, 0.25) is 0 Å². The number of thioether (sulfide) groups is 1.